The Morgan fingerprint density at radius 2 is 1.86 bits per heavy atom. The van der Waals surface area contributed by atoms with Crippen molar-refractivity contribution in [2.45, 2.75) is 19.6 Å². The minimum absolute atomic E-state index is 0.0219. The standard InChI is InChI=1S/C19H19ClF3N3O2/c1-3-28-18(27)17(26(2)12-13-7-5-4-6-8-13)25-24-16-11-14(19(21,22)23)9-10-15(16)20/h4-11H,3,12H2,1-2H3,(H,24,27)/p+1. The van der Waals surface area contributed by atoms with Gasteiger partial charge in [-0.15, -0.1) is 0 Å². The van der Waals surface area contributed by atoms with Gasteiger partial charge in [0.1, 0.15) is 6.54 Å². The molecule has 0 aliphatic heterocycles. The number of benzene rings is 2. The molecule has 9 heteroatoms. The van der Waals surface area contributed by atoms with Gasteiger partial charge < -0.3 is 4.74 Å². The minimum Gasteiger partial charge on any atom is -0.457 e. The van der Waals surface area contributed by atoms with Gasteiger partial charge in [0.2, 0.25) is 0 Å². The topological polar surface area (TPSA) is 53.4 Å². The van der Waals surface area contributed by atoms with E-state index >= 15 is 0 Å². The highest BCUT2D eigenvalue weighted by atomic mass is 35.5. The number of hydrazine groups is 1. The van der Waals surface area contributed by atoms with E-state index in [-0.39, 0.29) is 23.2 Å². The highest BCUT2D eigenvalue weighted by molar-refractivity contribution is 6.34. The van der Waals surface area contributed by atoms with E-state index in [2.05, 4.69) is 10.9 Å². The summed E-state index contributed by atoms with van der Waals surface area (Å²) in [6.07, 6.45) is -4.52. The lowest BCUT2D eigenvalue weighted by Gasteiger charge is -2.13. The van der Waals surface area contributed by atoms with E-state index in [4.69, 9.17) is 16.3 Å². The second-order valence-corrected chi connectivity index (χ2v) is 6.26. The molecule has 2 N–H and O–H groups in total. The van der Waals surface area contributed by atoms with Crippen molar-refractivity contribution in [1.29, 1.82) is 0 Å². The molecule has 2 aromatic rings. The van der Waals surface area contributed by atoms with E-state index in [9.17, 15) is 18.0 Å². The summed E-state index contributed by atoms with van der Waals surface area (Å²) in [4.78, 5) is 12.3. The molecule has 0 atom stereocenters. The number of nitrogens with one attached hydrogen (secondary N) is 2. The normalized spacial score (nSPS) is 12.2. The van der Waals surface area contributed by atoms with Crippen LogP contribution in [0, 0.1) is 0 Å². The van der Waals surface area contributed by atoms with Gasteiger partial charge in [-0.2, -0.15) is 18.6 Å². The van der Waals surface area contributed by atoms with Crippen molar-refractivity contribution in [2.75, 3.05) is 19.1 Å². The number of carbonyl (C=O) groups is 1. The Morgan fingerprint density at radius 3 is 2.46 bits per heavy atom. The molecule has 0 saturated carbocycles. The van der Waals surface area contributed by atoms with Gasteiger partial charge in [0.15, 0.2) is 0 Å². The smallest absolute Gasteiger partial charge is 0.423 e. The van der Waals surface area contributed by atoms with Gasteiger partial charge in [-0.1, -0.05) is 41.9 Å². The Labute approximate surface area is 165 Å². The first-order valence-corrected chi connectivity index (χ1v) is 8.78. The van der Waals surface area contributed by atoms with Crippen LogP contribution in [0.4, 0.5) is 18.9 Å². The molecule has 0 bridgehead atoms. The van der Waals surface area contributed by atoms with Crippen LogP contribution in [0.15, 0.2) is 48.5 Å². The molecule has 150 valence electrons. The van der Waals surface area contributed by atoms with Gasteiger partial charge in [-0.05, 0) is 30.7 Å². The number of nitrogens with zero attached hydrogens (tertiary/aromatic N) is 1. The number of esters is 1. The third-order valence-electron chi connectivity index (χ3n) is 3.72. The third kappa shape index (κ3) is 5.88. The molecule has 0 unspecified atom stereocenters. The number of carbonyl (C=O) groups excluding carboxylic acids is 1. The molecule has 0 fully saturated rings. The van der Waals surface area contributed by atoms with Gasteiger partial charge >= 0.3 is 18.0 Å². The van der Waals surface area contributed by atoms with E-state index in [0.29, 0.717) is 6.54 Å². The van der Waals surface area contributed by atoms with Crippen LogP contribution in [0.1, 0.15) is 18.1 Å². The summed E-state index contributed by atoms with van der Waals surface area (Å²) in [5.74, 6) is -0.629. The zero-order valence-corrected chi connectivity index (χ0v) is 16.1. The summed E-state index contributed by atoms with van der Waals surface area (Å²) >= 11 is 5.97. The van der Waals surface area contributed by atoms with Crippen LogP contribution in [0.2, 0.25) is 5.02 Å². The molecule has 0 spiro atoms. The molecule has 28 heavy (non-hydrogen) atoms. The second kappa shape index (κ2) is 9.45. The maximum Gasteiger partial charge on any atom is 0.423 e. The predicted octanol–water partition coefficient (Wildman–Crippen LogP) is 4.08. The number of rotatable bonds is 5. The van der Waals surface area contributed by atoms with Crippen LogP contribution < -0.4 is 10.9 Å². The number of hydrogen-bond donors (Lipinski definition) is 2. The zero-order chi connectivity index (χ0) is 20.7. The second-order valence-electron chi connectivity index (χ2n) is 5.85. The molecule has 2 aromatic carbocycles. The third-order valence-corrected chi connectivity index (χ3v) is 4.05. The molecule has 5 nitrogen and oxygen atoms in total. The minimum atomic E-state index is -4.52. The summed E-state index contributed by atoms with van der Waals surface area (Å²) in [5.41, 5.74) is 5.25. The number of ether oxygens (including phenoxy) is 1. The average Bonchev–Trinajstić information content (AvgIpc) is 2.63. The van der Waals surface area contributed by atoms with Crippen LogP contribution in [0.25, 0.3) is 0 Å². The van der Waals surface area contributed by atoms with E-state index in [1.807, 2.05) is 30.3 Å². The van der Waals surface area contributed by atoms with Crippen molar-refractivity contribution in [3.8, 4) is 0 Å². The highest BCUT2D eigenvalue weighted by Gasteiger charge is 2.31. The number of alkyl halides is 3. The quantitative estimate of drug-likeness (QED) is 0.254. The van der Waals surface area contributed by atoms with Gasteiger partial charge in [-0.3, -0.25) is 4.58 Å². The van der Waals surface area contributed by atoms with Crippen molar-refractivity contribution in [3.63, 3.8) is 0 Å². The van der Waals surface area contributed by atoms with E-state index in [1.165, 1.54) is 0 Å². The van der Waals surface area contributed by atoms with Gasteiger partial charge in [0.05, 0.1) is 29.9 Å². The molecule has 0 aliphatic carbocycles. The van der Waals surface area contributed by atoms with E-state index < -0.39 is 17.7 Å². The SMILES string of the molecule is CCOC(=O)C(NNc1cc(C(F)(F)F)ccc1Cl)=[N+](C)Cc1ccccc1. The van der Waals surface area contributed by atoms with Crippen molar-refractivity contribution in [1.82, 2.24) is 5.43 Å². The molecule has 0 radical (unpaired) electrons. The zero-order valence-electron chi connectivity index (χ0n) is 15.3. The Balaban J connectivity index is 2.26. The predicted molar refractivity (Wildman–Crippen MR) is 101 cm³/mol. The lowest BCUT2D eigenvalue weighted by molar-refractivity contribution is -0.515. The molecule has 0 heterocycles. The van der Waals surface area contributed by atoms with Crippen molar-refractivity contribution < 1.29 is 27.3 Å². The molecular formula is C19H20ClF3N3O2+. The summed E-state index contributed by atoms with van der Waals surface area (Å²) < 4.78 is 45.4. The van der Waals surface area contributed by atoms with Crippen molar-refractivity contribution in [3.05, 3.63) is 64.7 Å². The van der Waals surface area contributed by atoms with Crippen LogP contribution in [0.5, 0.6) is 0 Å². The number of anilines is 1. The van der Waals surface area contributed by atoms with E-state index in [1.54, 1.807) is 18.5 Å². The summed E-state index contributed by atoms with van der Waals surface area (Å²) in [5, 5.41) is 0.0643. The first kappa shape index (κ1) is 21.6. The highest BCUT2D eigenvalue weighted by Crippen LogP contribution is 2.33. The number of halogens is 4. The molecule has 0 aliphatic rings. The monoisotopic (exact) mass is 414 g/mol. The maximum absolute atomic E-state index is 12.9. The first-order chi connectivity index (χ1) is 13.2. The van der Waals surface area contributed by atoms with Crippen LogP contribution in [0.3, 0.4) is 0 Å². The molecule has 0 saturated heterocycles. The largest absolute Gasteiger partial charge is 0.457 e. The molecule has 2 rings (SSSR count). The summed E-state index contributed by atoms with van der Waals surface area (Å²) in [6.45, 7) is 2.18. The van der Waals surface area contributed by atoms with E-state index in [0.717, 1.165) is 23.8 Å². The number of hydrogen-bond acceptors (Lipinski definition) is 3. The Hall–Kier alpha value is -2.74. The lowest BCUT2D eigenvalue weighted by Crippen LogP contribution is -2.43. The molecule has 0 amide bonds. The van der Waals surface area contributed by atoms with Crippen LogP contribution in [-0.4, -0.2) is 30.0 Å². The van der Waals surface area contributed by atoms with Gasteiger partial charge in [-0.25, -0.2) is 10.2 Å². The first-order valence-electron chi connectivity index (χ1n) is 8.40. The summed E-state index contributed by atoms with van der Waals surface area (Å²) in [6, 6.07) is 12.2. The lowest BCUT2D eigenvalue weighted by atomic mass is 10.2. The van der Waals surface area contributed by atoms with Crippen molar-refractivity contribution in [2.24, 2.45) is 0 Å². The maximum atomic E-state index is 12.9. The van der Waals surface area contributed by atoms with Crippen LogP contribution in [-0.2, 0) is 22.3 Å². The van der Waals surface area contributed by atoms with Gasteiger partial charge in [0, 0.05) is 0 Å². The fourth-order valence-corrected chi connectivity index (χ4v) is 2.53. The summed E-state index contributed by atoms with van der Waals surface area (Å²) in [7, 11) is 1.65. The Bertz CT molecular complexity index is 855. The van der Waals surface area contributed by atoms with Crippen LogP contribution >= 0.6 is 11.6 Å². The average molecular weight is 415 g/mol. The molecule has 0 aromatic heterocycles. The van der Waals surface area contributed by atoms with Crippen molar-refractivity contribution >= 4 is 29.1 Å². The fourth-order valence-electron chi connectivity index (χ4n) is 2.36. The molecular weight excluding hydrogens is 395 g/mol. The fraction of sp³-hybridized carbons (Fsp3) is 0.263. The Kier molecular flexibility index (Phi) is 7.28. The number of amidine groups is 1. The van der Waals surface area contributed by atoms with Gasteiger partial charge in [0.25, 0.3) is 0 Å². The Morgan fingerprint density at radius 1 is 1.18 bits per heavy atom.